The molecule has 20 heavy (non-hydrogen) atoms. The molecule has 1 aliphatic heterocycles. The van der Waals surface area contributed by atoms with Crippen LogP contribution in [0.15, 0.2) is 29.8 Å². The van der Waals surface area contributed by atoms with Crippen molar-refractivity contribution in [2.45, 2.75) is 45.6 Å². The molecule has 2 rings (SSSR count). The third-order valence-electron chi connectivity index (χ3n) is 3.60. The molecule has 0 saturated heterocycles. The van der Waals surface area contributed by atoms with Crippen LogP contribution in [0, 0.1) is 0 Å². The Bertz CT molecular complexity index is 541. The van der Waals surface area contributed by atoms with E-state index in [9.17, 15) is 4.79 Å². The van der Waals surface area contributed by atoms with E-state index >= 15 is 0 Å². The van der Waals surface area contributed by atoms with Gasteiger partial charge < -0.3 is 9.47 Å². The average molecular weight is 274 g/mol. The largest absolute Gasteiger partial charge is 0.497 e. The van der Waals surface area contributed by atoms with Crippen LogP contribution in [0.2, 0.25) is 0 Å². The lowest BCUT2D eigenvalue weighted by atomic mass is 9.87. The summed E-state index contributed by atoms with van der Waals surface area (Å²) in [7, 11) is 1.60. The molecule has 1 aromatic carbocycles. The fourth-order valence-electron chi connectivity index (χ4n) is 2.48. The molecule has 1 aromatic rings. The van der Waals surface area contributed by atoms with Crippen molar-refractivity contribution in [3.63, 3.8) is 0 Å². The highest BCUT2D eigenvalue weighted by molar-refractivity contribution is 6.00. The van der Waals surface area contributed by atoms with Gasteiger partial charge in [0.1, 0.15) is 17.1 Å². The standard InChI is InChI=1S/C17H22O3/c1-12(2)6-5-9-17(3)11-15(18)14-10-13(19-4)7-8-16(14)20-17/h6-8,10H,5,9,11H2,1-4H3/t17-/m0/s1. The van der Waals surface area contributed by atoms with Crippen LogP contribution in [0.4, 0.5) is 0 Å². The molecule has 3 heteroatoms. The number of methoxy groups -OCH3 is 1. The van der Waals surface area contributed by atoms with Crippen LogP contribution in [0.1, 0.15) is 50.4 Å². The highest BCUT2D eigenvalue weighted by atomic mass is 16.5. The Morgan fingerprint density at radius 3 is 2.85 bits per heavy atom. The van der Waals surface area contributed by atoms with E-state index in [2.05, 4.69) is 19.9 Å². The van der Waals surface area contributed by atoms with Crippen LogP contribution in [-0.4, -0.2) is 18.5 Å². The first-order valence-electron chi connectivity index (χ1n) is 6.97. The molecule has 0 spiro atoms. The van der Waals surface area contributed by atoms with Crippen molar-refractivity contribution < 1.29 is 14.3 Å². The number of hydrogen-bond acceptors (Lipinski definition) is 3. The summed E-state index contributed by atoms with van der Waals surface area (Å²) in [6.07, 6.45) is 4.37. The Morgan fingerprint density at radius 1 is 1.45 bits per heavy atom. The van der Waals surface area contributed by atoms with Gasteiger partial charge in [0.2, 0.25) is 0 Å². The van der Waals surface area contributed by atoms with Crippen molar-refractivity contribution in [3.05, 3.63) is 35.4 Å². The molecule has 0 aliphatic carbocycles. The minimum atomic E-state index is -0.412. The fourth-order valence-corrected chi connectivity index (χ4v) is 2.48. The first-order chi connectivity index (χ1) is 9.43. The molecule has 108 valence electrons. The second-order valence-electron chi connectivity index (χ2n) is 5.83. The van der Waals surface area contributed by atoms with E-state index in [-0.39, 0.29) is 5.78 Å². The molecule has 1 heterocycles. The molecule has 0 saturated carbocycles. The predicted molar refractivity (Wildman–Crippen MR) is 79.6 cm³/mol. The summed E-state index contributed by atoms with van der Waals surface area (Å²) in [5, 5.41) is 0. The minimum absolute atomic E-state index is 0.129. The van der Waals surface area contributed by atoms with E-state index in [0.717, 1.165) is 12.8 Å². The Hall–Kier alpha value is -1.77. The molecule has 1 aliphatic rings. The highest BCUT2D eigenvalue weighted by Crippen LogP contribution is 2.37. The van der Waals surface area contributed by atoms with Gasteiger partial charge in [-0.1, -0.05) is 11.6 Å². The predicted octanol–water partition coefficient (Wildman–Crippen LogP) is 4.17. The van der Waals surface area contributed by atoms with E-state index in [4.69, 9.17) is 9.47 Å². The summed E-state index contributed by atoms with van der Waals surface area (Å²) in [6, 6.07) is 5.41. The molecule has 0 aromatic heterocycles. The summed E-state index contributed by atoms with van der Waals surface area (Å²) in [6.45, 7) is 6.17. The second-order valence-corrected chi connectivity index (χ2v) is 5.83. The molecular formula is C17H22O3. The van der Waals surface area contributed by atoms with Crippen molar-refractivity contribution in [1.82, 2.24) is 0 Å². The third-order valence-corrected chi connectivity index (χ3v) is 3.60. The number of ketones is 1. The summed E-state index contributed by atoms with van der Waals surface area (Å²) >= 11 is 0. The van der Waals surface area contributed by atoms with Gasteiger partial charge in [-0.3, -0.25) is 4.79 Å². The summed E-state index contributed by atoms with van der Waals surface area (Å²) < 4.78 is 11.2. The topological polar surface area (TPSA) is 35.5 Å². The van der Waals surface area contributed by atoms with Crippen molar-refractivity contribution in [3.8, 4) is 11.5 Å². The third kappa shape index (κ3) is 3.21. The van der Waals surface area contributed by atoms with Gasteiger partial charge in [0.05, 0.1) is 19.1 Å². The number of carbonyl (C=O) groups is 1. The van der Waals surface area contributed by atoms with Crippen LogP contribution in [0.3, 0.4) is 0 Å². The Balaban J connectivity index is 2.18. The zero-order valence-electron chi connectivity index (χ0n) is 12.7. The maximum atomic E-state index is 12.3. The van der Waals surface area contributed by atoms with E-state index in [1.165, 1.54) is 5.57 Å². The molecule has 0 fully saturated rings. The lowest BCUT2D eigenvalue weighted by Gasteiger charge is -2.35. The van der Waals surface area contributed by atoms with E-state index in [1.807, 2.05) is 19.1 Å². The van der Waals surface area contributed by atoms with Gasteiger partial charge in [0.25, 0.3) is 0 Å². The van der Waals surface area contributed by atoms with Crippen LogP contribution in [-0.2, 0) is 0 Å². The molecule has 0 bridgehead atoms. The number of carbonyl (C=O) groups excluding carboxylic acids is 1. The molecule has 0 unspecified atom stereocenters. The normalized spacial score (nSPS) is 20.9. The average Bonchev–Trinajstić information content (AvgIpc) is 2.37. The summed E-state index contributed by atoms with van der Waals surface area (Å²) in [5.41, 5.74) is 1.51. The number of hydrogen-bond donors (Lipinski definition) is 0. The number of allylic oxidation sites excluding steroid dienone is 2. The quantitative estimate of drug-likeness (QED) is 0.773. The molecule has 3 nitrogen and oxygen atoms in total. The molecular weight excluding hydrogens is 252 g/mol. The second kappa shape index (κ2) is 5.70. The van der Waals surface area contributed by atoms with Crippen LogP contribution >= 0.6 is 0 Å². The van der Waals surface area contributed by atoms with Crippen molar-refractivity contribution >= 4 is 5.78 Å². The van der Waals surface area contributed by atoms with Crippen molar-refractivity contribution in [2.75, 3.05) is 7.11 Å². The number of rotatable bonds is 4. The molecule has 1 atom stereocenters. The van der Waals surface area contributed by atoms with Crippen LogP contribution < -0.4 is 9.47 Å². The maximum absolute atomic E-state index is 12.3. The number of benzene rings is 1. The monoisotopic (exact) mass is 274 g/mol. The number of ether oxygens (including phenoxy) is 2. The Kier molecular flexibility index (Phi) is 4.17. The van der Waals surface area contributed by atoms with Crippen molar-refractivity contribution in [1.29, 1.82) is 0 Å². The van der Waals surface area contributed by atoms with Gasteiger partial charge >= 0.3 is 0 Å². The van der Waals surface area contributed by atoms with E-state index < -0.39 is 5.60 Å². The van der Waals surface area contributed by atoms with Gasteiger partial charge in [0, 0.05) is 0 Å². The summed E-state index contributed by atoms with van der Waals surface area (Å²) in [4.78, 5) is 12.3. The van der Waals surface area contributed by atoms with E-state index in [0.29, 0.717) is 23.5 Å². The Labute approximate surface area is 120 Å². The Morgan fingerprint density at radius 2 is 2.20 bits per heavy atom. The van der Waals surface area contributed by atoms with E-state index in [1.54, 1.807) is 13.2 Å². The van der Waals surface area contributed by atoms with Crippen LogP contribution in [0.5, 0.6) is 11.5 Å². The molecule has 0 amide bonds. The van der Waals surface area contributed by atoms with Gasteiger partial charge in [-0.05, 0) is 51.8 Å². The van der Waals surface area contributed by atoms with Gasteiger partial charge in [-0.15, -0.1) is 0 Å². The van der Waals surface area contributed by atoms with Crippen molar-refractivity contribution in [2.24, 2.45) is 0 Å². The lowest BCUT2D eigenvalue weighted by Crippen LogP contribution is -2.39. The van der Waals surface area contributed by atoms with Gasteiger partial charge in [-0.2, -0.15) is 0 Å². The maximum Gasteiger partial charge on any atom is 0.170 e. The molecule has 0 radical (unpaired) electrons. The van der Waals surface area contributed by atoms with Gasteiger partial charge in [0.15, 0.2) is 5.78 Å². The van der Waals surface area contributed by atoms with Gasteiger partial charge in [-0.25, -0.2) is 0 Å². The zero-order valence-corrected chi connectivity index (χ0v) is 12.7. The first kappa shape index (κ1) is 14.6. The lowest BCUT2D eigenvalue weighted by molar-refractivity contribution is 0.0474. The summed E-state index contributed by atoms with van der Waals surface area (Å²) in [5.74, 6) is 1.49. The van der Waals surface area contributed by atoms with Crippen LogP contribution in [0.25, 0.3) is 0 Å². The molecule has 0 N–H and O–H groups in total. The minimum Gasteiger partial charge on any atom is -0.497 e. The highest BCUT2D eigenvalue weighted by Gasteiger charge is 2.36. The first-order valence-corrected chi connectivity index (χ1v) is 6.97. The number of fused-ring (bicyclic) bond motifs is 1. The fraction of sp³-hybridized carbons (Fsp3) is 0.471. The zero-order chi connectivity index (χ0) is 14.8. The smallest absolute Gasteiger partial charge is 0.170 e. The SMILES string of the molecule is COc1ccc2c(c1)C(=O)C[C@](C)(CCC=C(C)C)O2. The number of Topliss-reactive ketones (excluding diaryl/α,β-unsaturated/α-hetero) is 1.